The van der Waals surface area contributed by atoms with Crippen LogP contribution >= 0.6 is 0 Å². The van der Waals surface area contributed by atoms with Gasteiger partial charge in [0.25, 0.3) is 0 Å². The number of hydrogen-bond acceptors (Lipinski definition) is 2. The highest BCUT2D eigenvalue weighted by Crippen LogP contribution is 2.42. The number of carbonyl (C=O) groups is 1. The number of para-hydroxylation sites is 2. The minimum Gasteiger partial charge on any atom is -0.367 e. The maximum atomic E-state index is 12.1. The van der Waals surface area contributed by atoms with Crippen molar-refractivity contribution in [1.82, 2.24) is 0 Å². The van der Waals surface area contributed by atoms with Gasteiger partial charge >= 0.3 is 0 Å². The first-order chi connectivity index (χ1) is 11.4. The average Bonchev–Trinajstić information content (AvgIpc) is 2.53. The van der Waals surface area contributed by atoms with E-state index in [0.717, 1.165) is 12.1 Å². The first-order valence-corrected chi connectivity index (χ1v) is 8.59. The molecule has 2 atom stereocenters. The quantitative estimate of drug-likeness (QED) is 0.805. The molecule has 0 radical (unpaired) electrons. The van der Waals surface area contributed by atoms with Crippen molar-refractivity contribution >= 4 is 17.3 Å². The van der Waals surface area contributed by atoms with Crippen molar-refractivity contribution in [3.63, 3.8) is 0 Å². The van der Waals surface area contributed by atoms with E-state index >= 15 is 0 Å². The van der Waals surface area contributed by atoms with Gasteiger partial charge in [-0.05, 0) is 49.9 Å². The fourth-order valence-corrected chi connectivity index (χ4v) is 4.15. The second kappa shape index (κ2) is 6.31. The second-order valence-electron chi connectivity index (χ2n) is 6.90. The van der Waals surface area contributed by atoms with E-state index in [1.165, 1.54) is 22.4 Å². The normalized spacial score (nSPS) is 19.8. The maximum Gasteiger partial charge on any atom is 0.224 e. The zero-order valence-corrected chi connectivity index (χ0v) is 15.2. The van der Waals surface area contributed by atoms with Crippen molar-refractivity contribution in [2.45, 2.75) is 46.2 Å². The third-order valence-corrected chi connectivity index (χ3v) is 5.16. The van der Waals surface area contributed by atoms with Crippen molar-refractivity contribution in [2.75, 3.05) is 16.8 Å². The van der Waals surface area contributed by atoms with Crippen molar-refractivity contribution in [2.24, 2.45) is 0 Å². The summed E-state index contributed by atoms with van der Waals surface area (Å²) >= 11 is 0. The lowest BCUT2D eigenvalue weighted by Crippen LogP contribution is -2.45. The number of amides is 1. The van der Waals surface area contributed by atoms with Crippen molar-refractivity contribution in [1.29, 1.82) is 0 Å². The van der Waals surface area contributed by atoms with Crippen LogP contribution in [-0.2, 0) is 4.79 Å². The third kappa shape index (κ3) is 2.68. The molecule has 1 heterocycles. The summed E-state index contributed by atoms with van der Waals surface area (Å²) in [6.45, 7) is 8.13. The van der Waals surface area contributed by atoms with Gasteiger partial charge < -0.3 is 9.80 Å². The fraction of sp³-hybridized carbons (Fsp3) is 0.381. The van der Waals surface area contributed by atoms with Gasteiger partial charge in [0.05, 0.1) is 6.04 Å². The van der Waals surface area contributed by atoms with Gasteiger partial charge in [0.1, 0.15) is 0 Å². The molecule has 3 heteroatoms. The van der Waals surface area contributed by atoms with Crippen LogP contribution in [0.1, 0.15) is 43.0 Å². The summed E-state index contributed by atoms with van der Waals surface area (Å²) < 4.78 is 0. The average molecular weight is 322 g/mol. The number of carbonyl (C=O) groups excluding carboxylic acids is 1. The summed E-state index contributed by atoms with van der Waals surface area (Å²) in [5.74, 6) is 0.114. The fourth-order valence-electron chi connectivity index (χ4n) is 4.15. The third-order valence-electron chi connectivity index (χ3n) is 5.16. The largest absolute Gasteiger partial charge is 0.367 e. The molecule has 1 aliphatic rings. The van der Waals surface area contributed by atoms with Crippen LogP contribution < -0.4 is 9.80 Å². The molecule has 24 heavy (non-hydrogen) atoms. The van der Waals surface area contributed by atoms with Gasteiger partial charge in [0.15, 0.2) is 0 Å². The van der Waals surface area contributed by atoms with E-state index in [4.69, 9.17) is 0 Å². The van der Waals surface area contributed by atoms with E-state index < -0.39 is 0 Å². The Bertz CT molecular complexity index is 748. The first kappa shape index (κ1) is 16.6. The van der Waals surface area contributed by atoms with E-state index in [2.05, 4.69) is 69.1 Å². The van der Waals surface area contributed by atoms with Crippen molar-refractivity contribution in [3.05, 3.63) is 59.2 Å². The smallest absolute Gasteiger partial charge is 0.224 e. The SMILES string of the molecule is CC(=O)N1c2ccccc2C(N(C)c2c(C)cccc2C)C[C@H]1C. The zero-order chi connectivity index (χ0) is 17.4. The number of nitrogens with zero attached hydrogens (tertiary/aromatic N) is 2. The number of hydrogen-bond donors (Lipinski definition) is 0. The Kier molecular flexibility index (Phi) is 4.35. The molecule has 126 valence electrons. The van der Waals surface area contributed by atoms with Gasteiger partial charge in [-0.2, -0.15) is 0 Å². The summed E-state index contributed by atoms with van der Waals surface area (Å²) in [4.78, 5) is 16.5. The van der Waals surface area contributed by atoms with Crippen LogP contribution in [-0.4, -0.2) is 19.0 Å². The lowest BCUT2D eigenvalue weighted by Gasteiger charge is -2.43. The van der Waals surface area contributed by atoms with Crippen LogP contribution in [0.3, 0.4) is 0 Å². The molecule has 3 rings (SSSR count). The summed E-state index contributed by atoms with van der Waals surface area (Å²) in [7, 11) is 2.17. The molecule has 1 amide bonds. The van der Waals surface area contributed by atoms with Crippen LogP contribution in [0, 0.1) is 13.8 Å². The zero-order valence-electron chi connectivity index (χ0n) is 15.2. The highest BCUT2D eigenvalue weighted by atomic mass is 16.2. The van der Waals surface area contributed by atoms with Gasteiger partial charge in [0.2, 0.25) is 5.91 Å². The maximum absolute atomic E-state index is 12.1. The minimum absolute atomic E-state index is 0.114. The molecule has 0 aliphatic carbocycles. The predicted molar refractivity (Wildman–Crippen MR) is 101 cm³/mol. The molecular weight excluding hydrogens is 296 g/mol. The molecule has 0 fully saturated rings. The number of fused-ring (bicyclic) bond motifs is 1. The highest BCUT2D eigenvalue weighted by molar-refractivity contribution is 5.93. The van der Waals surface area contributed by atoms with Gasteiger partial charge in [-0.15, -0.1) is 0 Å². The summed E-state index contributed by atoms with van der Waals surface area (Å²) in [5.41, 5.74) is 6.15. The summed E-state index contributed by atoms with van der Waals surface area (Å²) in [6.07, 6.45) is 0.931. The molecule has 1 unspecified atom stereocenters. The lowest BCUT2D eigenvalue weighted by atomic mass is 9.89. The molecule has 0 aromatic heterocycles. The molecule has 0 saturated carbocycles. The first-order valence-electron chi connectivity index (χ1n) is 8.59. The Labute approximate surface area is 144 Å². The summed E-state index contributed by atoms with van der Waals surface area (Å²) in [6, 6.07) is 15.2. The number of benzene rings is 2. The van der Waals surface area contributed by atoms with Crippen molar-refractivity contribution < 1.29 is 4.79 Å². The van der Waals surface area contributed by atoms with Gasteiger partial charge in [-0.1, -0.05) is 36.4 Å². The van der Waals surface area contributed by atoms with Crippen LogP contribution in [0.5, 0.6) is 0 Å². The van der Waals surface area contributed by atoms with Crippen molar-refractivity contribution in [3.8, 4) is 0 Å². The van der Waals surface area contributed by atoms with Gasteiger partial charge in [0, 0.05) is 31.4 Å². The topological polar surface area (TPSA) is 23.6 Å². The molecule has 1 aliphatic heterocycles. The Morgan fingerprint density at radius 1 is 1.08 bits per heavy atom. The lowest BCUT2D eigenvalue weighted by molar-refractivity contribution is -0.117. The van der Waals surface area contributed by atoms with E-state index in [0.29, 0.717) is 0 Å². The molecule has 0 saturated heterocycles. The van der Waals surface area contributed by atoms with Crippen LogP contribution in [0.2, 0.25) is 0 Å². The standard InChI is InChI=1S/C21H26N2O/c1-14-9-8-10-15(2)21(14)22(5)20-13-16(3)23(17(4)24)19-12-7-6-11-18(19)20/h6-12,16,20H,13H2,1-5H3/t16-,20?/m1/s1. The van der Waals surface area contributed by atoms with Gasteiger partial charge in [-0.3, -0.25) is 4.79 Å². The van der Waals surface area contributed by atoms with E-state index in [1.54, 1.807) is 6.92 Å². The molecule has 0 bridgehead atoms. The Balaban J connectivity index is 2.09. The van der Waals surface area contributed by atoms with Gasteiger partial charge in [-0.25, -0.2) is 0 Å². The number of aryl methyl sites for hydroxylation is 2. The molecule has 3 nitrogen and oxygen atoms in total. The van der Waals surface area contributed by atoms with Crippen LogP contribution in [0.15, 0.2) is 42.5 Å². The summed E-state index contributed by atoms with van der Waals surface area (Å²) in [5, 5.41) is 0. The van der Waals surface area contributed by atoms with Crippen LogP contribution in [0.25, 0.3) is 0 Å². The van der Waals surface area contributed by atoms with E-state index in [1.807, 2.05) is 11.0 Å². The minimum atomic E-state index is 0.114. The second-order valence-corrected chi connectivity index (χ2v) is 6.90. The highest BCUT2D eigenvalue weighted by Gasteiger charge is 2.34. The van der Waals surface area contributed by atoms with E-state index in [-0.39, 0.29) is 18.0 Å². The number of anilines is 2. The molecule has 2 aromatic carbocycles. The predicted octanol–water partition coefficient (Wildman–Crippen LogP) is 4.63. The Morgan fingerprint density at radius 3 is 2.33 bits per heavy atom. The Morgan fingerprint density at radius 2 is 1.71 bits per heavy atom. The number of rotatable bonds is 2. The monoisotopic (exact) mass is 322 g/mol. The molecular formula is C21H26N2O. The van der Waals surface area contributed by atoms with E-state index in [9.17, 15) is 4.79 Å². The molecule has 0 spiro atoms. The van der Waals surface area contributed by atoms with Crippen LogP contribution in [0.4, 0.5) is 11.4 Å². The molecule has 0 N–H and O–H groups in total. The Hall–Kier alpha value is -2.29. The molecule has 2 aromatic rings.